The maximum atomic E-state index is 12.7. The predicted molar refractivity (Wildman–Crippen MR) is 114 cm³/mol. The Labute approximate surface area is 178 Å². The van der Waals surface area contributed by atoms with Crippen molar-refractivity contribution >= 4 is 33.4 Å². The van der Waals surface area contributed by atoms with Gasteiger partial charge in [0.15, 0.2) is 0 Å². The molecule has 158 valence electrons. The molecule has 0 spiro atoms. The van der Waals surface area contributed by atoms with Crippen molar-refractivity contribution in [1.29, 1.82) is 0 Å². The molecule has 2 aromatic heterocycles. The Hall–Kier alpha value is -2.98. The van der Waals surface area contributed by atoms with Crippen LogP contribution in [0.4, 0.5) is 0 Å². The number of thiazole rings is 1. The van der Waals surface area contributed by atoms with Crippen LogP contribution in [-0.2, 0) is 7.05 Å². The van der Waals surface area contributed by atoms with Gasteiger partial charge in [0.25, 0.3) is 11.8 Å². The summed E-state index contributed by atoms with van der Waals surface area (Å²) in [6.07, 6.45) is 1.69. The highest BCUT2D eigenvalue weighted by Crippen LogP contribution is 2.19. The van der Waals surface area contributed by atoms with Crippen LogP contribution in [0.15, 0.2) is 29.9 Å². The Morgan fingerprint density at radius 3 is 2.80 bits per heavy atom. The van der Waals surface area contributed by atoms with Crippen LogP contribution in [0.1, 0.15) is 20.7 Å². The first-order valence-electron chi connectivity index (χ1n) is 9.76. The number of nitrogens with zero attached hydrogens (tertiary/aromatic N) is 5. The van der Waals surface area contributed by atoms with E-state index in [0.717, 1.165) is 29.9 Å². The number of amides is 2. The molecular weight excluding hydrogens is 404 g/mol. The van der Waals surface area contributed by atoms with Crippen molar-refractivity contribution in [3.63, 3.8) is 0 Å². The van der Waals surface area contributed by atoms with E-state index in [-0.39, 0.29) is 11.8 Å². The molecule has 0 unspecified atom stereocenters. The summed E-state index contributed by atoms with van der Waals surface area (Å²) in [5.41, 5.74) is 3.82. The lowest BCUT2D eigenvalue weighted by atomic mass is 10.2. The summed E-state index contributed by atoms with van der Waals surface area (Å²) < 4.78 is 7.79. The topological polar surface area (TPSA) is 92.6 Å². The molecule has 0 radical (unpaired) electrons. The number of carbonyl (C=O) groups excluding carboxylic acids is 2. The van der Waals surface area contributed by atoms with Crippen LogP contribution in [0, 0.1) is 0 Å². The first kappa shape index (κ1) is 20.3. The summed E-state index contributed by atoms with van der Waals surface area (Å²) in [5.74, 6) is 0.207. The van der Waals surface area contributed by atoms with E-state index < -0.39 is 0 Å². The van der Waals surface area contributed by atoms with E-state index in [4.69, 9.17) is 4.74 Å². The quantitative estimate of drug-likeness (QED) is 0.635. The zero-order valence-electron chi connectivity index (χ0n) is 17.0. The fourth-order valence-electron chi connectivity index (χ4n) is 3.54. The lowest BCUT2D eigenvalue weighted by Crippen LogP contribution is -2.50. The Kier molecular flexibility index (Phi) is 5.96. The predicted octanol–water partition coefficient (Wildman–Crippen LogP) is 1.23. The Morgan fingerprint density at radius 2 is 2.03 bits per heavy atom. The minimum absolute atomic E-state index is 0.0636. The van der Waals surface area contributed by atoms with Crippen LogP contribution in [0.3, 0.4) is 0 Å². The van der Waals surface area contributed by atoms with Gasteiger partial charge in [0.1, 0.15) is 5.56 Å². The van der Waals surface area contributed by atoms with Crippen molar-refractivity contribution in [3.05, 3.63) is 41.0 Å². The first-order valence-corrected chi connectivity index (χ1v) is 10.6. The Morgan fingerprint density at radius 1 is 1.23 bits per heavy atom. The molecule has 1 saturated heterocycles. The van der Waals surface area contributed by atoms with Crippen molar-refractivity contribution in [2.45, 2.75) is 0 Å². The highest BCUT2D eigenvalue weighted by atomic mass is 32.1. The number of carbonyl (C=O) groups is 2. The van der Waals surface area contributed by atoms with E-state index in [1.165, 1.54) is 18.4 Å². The van der Waals surface area contributed by atoms with Gasteiger partial charge in [-0.05, 0) is 18.2 Å². The number of ether oxygens (including phenoxy) is 1. The van der Waals surface area contributed by atoms with E-state index in [1.54, 1.807) is 29.5 Å². The van der Waals surface area contributed by atoms with Crippen LogP contribution < -0.4 is 10.1 Å². The molecule has 30 heavy (non-hydrogen) atoms. The largest absolute Gasteiger partial charge is 0.479 e. The molecule has 1 fully saturated rings. The first-order chi connectivity index (χ1) is 14.5. The summed E-state index contributed by atoms with van der Waals surface area (Å²) >= 11 is 1.53. The van der Waals surface area contributed by atoms with Crippen molar-refractivity contribution < 1.29 is 14.3 Å². The molecule has 0 atom stereocenters. The van der Waals surface area contributed by atoms with Crippen LogP contribution in [0.5, 0.6) is 5.88 Å². The maximum Gasteiger partial charge on any atom is 0.261 e. The molecule has 3 heterocycles. The van der Waals surface area contributed by atoms with E-state index >= 15 is 0 Å². The number of methoxy groups -OCH3 is 1. The standard InChI is InChI=1S/C20H24N6O3S/c1-24-12-15(19(23-24)29-2)20(28)26-9-7-25(8-10-26)6-5-21-18(27)14-3-4-16-17(11-14)30-13-22-16/h3-4,11-13H,5-10H2,1-2H3,(H,21,27). The van der Waals surface area contributed by atoms with Crippen LogP contribution in [0.2, 0.25) is 0 Å². The smallest absolute Gasteiger partial charge is 0.261 e. The maximum absolute atomic E-state index is 12.7. The lowest BCUT2D eigenvalue weighted by Gasteiger charge is -2.34. The molecule has 1 N–H and O–H groups in total. The third-order valence-electron chi connectivity index (χ3n) is 5.19. The molecule has 0 bridgehead atoms. The number of hydrogen-bond donors (Lipinski definition) is 1. The molecule has 1 aliphatic heterocycles. The van der Waals surface area contributed by atoms with Crippen LogP contribution >= 0.6 is 11.3 Å². The summed E-state index contributed by atoms with van der Waals surface area (Å²) in [6.45, 7) is 4.09. The zero-order chi connectivity index (χ0) is 21.1. The molecule has 1 aromatic carbocycles. The average molecular weight is 429 g/mol. The van der Waals surface area contributed by atoms with E-state index in [2.05, 4.69) is 20.3 Å². The monoisotopic (exact) mass is 428 g/mol. The highest BCUT2D eigenvalue weighted by Gasteiger charge is 2.26. The molecular formula is C20H24N6O3S. The van der Waals surface area contributed by atoms with E-state index in [1.807, 2.05) is 17.0 Å². The molecule has 0 saturated carbocycles. The second-order valence-electron chi connectivity index (χ2n) is 7.15. The molecule has 1 aliphatic rings. The molecule has 10 heteroatoms. The second-order valence-corrected chi connectivity index (χ2v) is 8.04. The molecule has 0 aliphatic carbocycles. The number of rotatable bonds is 6. The normalized spacial score (nSPS) is 14.8. The summed E-state index contributed by atoms with van der Waals surface area (Å²) in [7, 11) is 3.28. The summed E-state index contributed by atoms with van der Waals surface area (Å²) in [4.78, 5) is 33.4. The number of fused-ring (bicyclic) bond motifs is 1. The molecule has 2 amide bonds. The van der Waals surface area contributed by atoms with Gasteiger partial charge in [-0.1, -0.05) is 0 Å². The lowest BCUT2D eigenvalue weighted by molar-refractivity contribution is 0.0635. The fraction of sp³-hybridized carbons (Fsp3) is 0.400. The minimum atomic E-state index is -0.0808. The van der Waals surface area contributed by atoms with Gasteiger partial charge in [0.05, 0.1) is 22.8 Å². The highest BCUT2D eigenvalue weighted by molar-refractivity contribution is 7.16. The van der Waals surface area contributed by atoms with Crippen LogP contribution in [0.25, 0.3) is 10.2 Å². The average Bonchev–Trinajstić information content (AvgIpc) is 3.39. The fourth-order valence-corrected chi connectivity index (χ4v) is 4.25. The number of piperazine rings is 1. The molecule has 3 aromatic rings. The minimum Gasteiger partial charge on any atom is -0.479 e. The van der Waals surface area contributed by atoms with E-state index in [9.17, 15) is 9.59 Å². The van der Waals surface area contributed by atoms with Gasteiger partial charge in [-0.25, -0.2) is 4.98 Å². The molecule has 4 rings (SSSR count). The van der Waals surface area contributed by atoms with Gasteiger partial charge in [-0.2, -0.15) is 0 Å². The number of benzene rings is 1. The van der Waals surface area contributed by atoms with Gasteiger partial charge in [0, 0.05) is 58.1 Å². The Balaban J connectivity index is 1.24. The van der Waals surface area contributed by atoms with Gasteiger partial charge < -0.3 is 15.0 Å². The third-order valence-corrected chi connectivity index (χ3v) is 5.98. The summed E-state index contributed by atoms with van der Waals surface area (Å²) in [5, 5.41) is 7.13. The van der Waals surface area contributed by atoms with Crippen molar-refractivity contribution in [1.82, 2.24) is 29.9 Å². The van der Waals surface area contributed by atoms with E-state index in [0.29, 0.717) is 36.6 Å². The number of hydrogen-bond acceptors (Lipinski definition) is 7. The van der Waals surface area contributed by atoms with Gasteiger partial charge >= 0.3 is 0 Å². The van der Waals surface area contributed by atoms with Crippen molar-refractivity contribution in [2.24, 2.45) is 7.05 Å². The SMILES string of the molecule is COc1nn(C)cc1C(=O)N1CCN(CCNC(=O)c2ccc3ncsc3c2)CC1. The van der Waals surface area contributed by atoms with Crippen LogP contribution in [-0.4, -0.2) is 82.8 Å². The van der Waals surface area contributed by atoms with Gasteiger partial charge in [-0.3, -0.25) is 19.2 Å². The van der Waals surface area contributed by atoms with Gasteiger partial charge in [0.2, 0.25) is 5.88 Å². The molecule has 9 nitrogen and oxygen atoms in total. The van der Waals surface area contributed by atoms with Crippen molar-refractivity contribution in [2.75, 3.05) is 46.4 Å². The van der Waals surface area contributed by atoms with Crippen molar-refractivity contribution in [3.8, 4) is 5.88 Å². The zero-order valence-corrected chi connectivity index (χ0v) is 17.8. The number of aryl methyl sites for hydroxylation is 1. The van der Waals surface area contributed by atoms with Gasteiger partial charge in [-0.15, -0.1) is 16.4 Å². The third kappa shape index (κ3) is 4.29. The second kappa shape index (κ2) is 8.80. The summed E-state index contributed by atoms with van der Waals surface area (Å²) in [6, 6.07) is 5.54. The Bertz CT molecular complexity index is 1050. The number of nitrogens with one attached hydrogen (secondary N) is 1. The number of aromatic nitrogens is 3.